The molecule has 0 bridgehead atoms. The third kappa shape index (κ3) is 8.86. The Morgan fingerprint density at radius 3 is 2.39 bits per heavy atom. The Labute approximate surface area is 178 Å². The molecule has 0 spiro atoms. The molecule has 0 aliphatic carbocycles. The number of primary amides is 1. The summed E-state index contributed by atoms with van der Waals surface area (Å²) in [6.45, 7) is 0.0462. The number of carboxylic acid groups (broad SMARTS) is 1. The summed E-state index contributed by atoms with van der Waals surface area (Å²) in [5, 5.41) is 13.8. The smallest absolute Gasteiger partial charge is 0.326 e. The SMILES string of the molecule is NC(=O)CC(NC(=O)C(N)CCCN=C(N)N)C(=O)NCC(=O)N1CCCC1C(=O)O. The number of nitrogens with zero attached hydrogens (tertiary/aromatic N) is 2. The number of carbonyl (C=O) groups is 5. The topological polar surface area (TPSA) is 249 Å². The Kier molecular flexibility index (Phi) is 10.2. The highest BCUT2D eigenvalue weighted by Gasteiger charge is 2.34. The Balaban J connectivity index is 2.61. The minimum atomic E-state index is -1.34. The van der Waals surface area contributed by atoms with E-state index in [1.807, 2.05) is 0 Å². The van der Waals surface area contributed by atoms with Crippen LogP contribution in [0.2, 0.25) is 0 Å². The molecule has 0 radical (unpaired) electrons. The quantitative estimate of drug-likeness (QED) is 0.0880. The number of hydrogen-bond donors (Lipinski definition) is 7. The molecule has 3 unspecified atom stereocenters. The first-order valence-electron chi connectivity index (χ1n) is 9.72. The van der Waals surface area contributed by atoms with E-state index < -0.39 is 60.7 Å². The van der Waals surface area contributed by atoms with Gasteiger partial charge in [0.05, 0.1) is 19.0 Å². The fourth-order valence-electron chi connectivity index (χ4n) is 3.05. The number of guanidine groups is 1. The second-order valence-corrected chi connectivity index (χ2v) is 7.09. The van der Waals surface area contributed by atoms with Gasteiger partial charge in [-0.1, -0.05) is 0 Å². The van der Waals surface area contributed by atoms with Crippen LogP contribution in [0.4, 0.5) is 0 Å². The summed E-state index contributed by atoms with van der Waals surface area (Å²) < 4.78 is 0. The average Bonchev–Trinajstić information content (AvgIpc) is 3.18. The van der Waals surface area contributed by atoms with E-state index in [0.29, 0.717) is 19.3 Å². The zero-order chi connectivity index (χ0) is 23.6. The second kappa shape index (κ2) is 12.3. The average molecular weight is 442 g/mol. The van der Waals surface area contributed by atoms with E-state index >= 15 is 0 Å². The van der Waals surface area contributed by atoms with Gasteiger partial charge < -0.3 is 43.6 Å². The number of aliphatic carboxylic acids is 1. The number of nitrogens with two attached hydrogens (primary N) is 4. The monoisotopic (exact) mass is 442 g/mol. The van der Waals surface area contributed by atoms with E-state index in [1.54, 1.807) is 0 Å². The summed E-state index contributed by atoms with van der Waals surface area (Å²) in [4.78, 5) is 64.3. The van der Waals surface area contributed by atoms with Gasteiger partial charge in [0.1, 0.15) is 12.1 Å². The summed E-state index contributed by atoms with van der Waals surface area (Å²) in [5.74, 6) is -4.15. The fourth-order valence-corrected chi connectivity index (χ4v) is 3.05. The number of hydrogen-bond acceptors (Lipinski definition) is 7. The molecule has 0 aromatic carbocycles. The maximum atomic E-state index is 12.4. The van der Waals surface area contributed by atoms with Crippen molar-refractivity contribution in [2.45, 2.75) is 50.2 Å². The summed E-state index contributed by atoms with van der Waals surface area (Å²) in [6.07, 6.45) is 0.994. The van der Waals surface area contributed by atoms with E-state index in [0.717, 1.165) is 4.90 Å². The first kappa shape index (κ1) is 25.6. The molecule has 11 N–H and O–H groups in total. The molecule has 0 aromatic rings. The third-order valence-electron chi connectivity index (χ3n) is 4.61. The van der Waals surface area contributed by atoms with Crippen LogP contribution in [0.25, 0.3) is 0 Å². The van der Waals surface area contributed by atoms with Crippen molar-refractivity contribution in [3.63, 3.8) is 0 Å². The molecule has 3 atom stereocenters. The van der Waals surface area contributed by atoms with Gasteiger partial charge in [0.25, 0.3) is 0 Å². The number of amides is 4. The molecule has 4 amide bonds. The molecule has 174 valence electrons. The highest BCUT2D eigenvalue weighted by atomic mass is 16.4. The Morgan fingerprint density at radius 1 is 1.13 bits per heavy atom. The fraction of sp³-hybridized carbons (Fsp3) is 0.647. The summed E-state index contributed by atoms with van der Waals surface area (Å²) in [6, 6.07) is -3.27. The maximum Gasteiger partial charge on any atom is 0.326 e. The molecule has 1 heterocycles. The lowest BCUT2D eigenvalue weighted by molar-refractivity contribution is -0.148. The van der Waals surface area contributed by atoms with Crippen LogP contribution >= 0.6 is 0 Å². The van der Waals surface area contributed by atoms with E-state index in [1.165, 1.54) is 0 Å². The summed E-state index contributed by atoms with van der Waals surface area (Å²) in [5.41, 5.74) is 21.3. The minimum Gasteiger partial charge on any atom is -0.480 e. The van der Waals surface area contributed by atoms with Crippen molar-refractivity contribution in [3.8, 4) is 0 Å². The zero-order valence-corrected chi connectivity index (χ0v) is 17.1. The van der Waals surface area contributed by atoms with Gasteiger partial charge in [0.15, 0.2) is 5.96 Å². The maximum absolute atomic E-state index is 12.4. The number of aliphatic imine (C=N–C) groups is 1. The van der Waals surface area contributed by atoms with Gasteiger partial charge in [-0.15, -0.1) is 0 Å². The van der Waals surface area contributed by atoms with Gasteiger partial charge in [-0.25, -0.2) is 4.79 Å². The van der Waals surface area contributed by atoms with Crippen molar-refractivity contribution >= 4 is 35.6 Å². The minimum absolute atomic E-state index is 0.0885. The van der Waals surface area contributed by atoms with Crippen molar-refractivity contribution in [2.75, 3.05) is 19.6 Å². The van der Waals surface area contributed by atoms with Crippen LogP contribution in [0, 0.1) is 0 Å². The van der Waals surface area contributed by atoms with Crippen molar-refractivity contribution in [1.29, 1.82) is 0 Å². The van der Waals surface area contributed by atoms with Gasteiger partial charge in [-0.2, -0.15) is 0 Å². The van der Waals surface area contributed by atoms with Gasteiger partial charge in [0.2, 0.25) is 23.6 Å². The molecule has 14 heteroatoms. The van der Waals surface area contributed by atoms with Crippen molar-refractivity contribution in [1.82, 2.24) is 15.5 Å². The van der Waals surface area contributed by atoms with Crippen molar-refractivity contribution in [3.05, 3.63) is 0 Å². The van der Waals surface area contributed by atoms with E-state index in [9.17, 15) is 24.0 Å². The molecule has 0 saturated carbocycles. The Morgan fingerprint density at radius 2 is 1.81 bits per heavy atom. The number of likely N-dealkylation sites (tertiary alicyclic amines) is 1. The number of nitrogens with one attached hydrogen (secondary N) is 2. The molecular formula is C17H30N8O6. The molecule has 1 aliphatic heterocycles. The zero-order valence-electron chi connectivity index (χ0n) is 17.1. The number of carboxylic acids is 1. The first-order valence-corrected chi connectivity index (χ1v) is 9.72. The van der Waals surface area contributed by atoms with E-state index in [-0.39, 0.29) is 25.5 Å². The molecule has 1 fully saturated rings. The van der Waals surface area contributed by atoms with Gasteiger partial charge >= 0.3 is 5.97 Å². The van der Waals surface area contributed by atoms with Gasteiger partial charge in [0, 0.05) is 13.1 Å². The molecule has 1 rings (SSSR count). The van der Waals surface area contributed by atoms with Gasteiger partial charge in [-0.05, 0) is 25.7 Å². The van der Waals surface area contributed by atoms with E-state index in [2.05, 4.69) is 15.6 Å². The molecule has 0 aromatic heterocycles. The molecule has 14 nitrogen and oxygen atoms in total. The largest absolute Gasteiger partial charge is 0.480 e. The molecule has 1 aliphatic rings. The first-order chi connectivity index (χ1) is 14.5. The normalized spacial score (nSPS) is 17.3. The predicted octanol–water partition coefficient (Wildman–Crippen LogP) is -4.08. The van der Waals surface area contributed by atoms with Crippen LogP contribution in [0.5, 0.6) is 0 Å². The Bertz CT molecular complexity index is 723. The lowest BCUT2D eigenvalue weighted by Gasteiger charge is -2.23. The van der Waals surface area contributed by atoms with Crippen molar-refractivity contribution in [2.24, 2.45) is 27.9 Å². The summed E-state index contributed by atoms with van der Waals surface area (Å²) >= 11 is 0. The van der Waals surface area contributed by atoms with Crippen molar-refractivity contribution < 1.29 is 29.1 Å². The van der Waals surface area contributed by atoms with Crippen LogP contribution in [0.1, 0.15) is 32.1 Å². The number of rotatable bonds is 12. The van der Waals surface area contributed by atoms with Gasteiger partial charge in [-0.3, -0.25) is 24.2 Å². The highest BCUT2D eigenvalue weighted by molar-refractivity contribution is 5.95. The molecule has 31 heavy (non-hydrogen) atoms. The highest BCUT2D eigenvalue weighted by Crippen LogP contribution is 2.17. The summed E-state index contributed by atoms with van der Waals surface area (Å²) in [7, 11) is 0. The van der Waals surface area contributed by atoms with Crippen LogP contribution in [-0.2, 0) is 24.0 Å². The van der Waals surface area contributed by atoms with Crippen LogP contribution in [-0.4, -0.2) is 83.3 Å². The lowest BCUT2D eigenvalue weighted by Crippen LogP contribution is -2.54. The molecule has 1 saturated heterocycles. The van der Waals surface area contributed by atoms with Crippen LogP contribution in [0.15, 0.2) is 4.99 Å². The molecular weight excluding hydrogens is 412 g/mol. The number of carbonyl (C=O) groups excluding carboxylic acids is 4. The lowest BCUT2D eigenvalue weighted by atomic mass is 10.1. The second-order valence-electron chi connectivity index (χ2n) is 7.09. The predicted molar refractivity (Wildman–Crippen MR) is 109 cm³/mol. The van der Waals surface area contributed by atoms with E-state index in [4.69, 9.17) is 28.0 Å². The Hall–Kier alpha value is -3.42. The third-order valence-corrected chi connectivity index (χ3v) is 4.61. The van der Waals surface area contributed by atoms with Crippen LogP contribution < -0.4 is 33.6 Å². The standard InChI is InChI=1S/C17H30N8O6/c18-9(3-1-5-22-17(20)21)14(28)24-10(7-12(19)26)15(29)23-8-13(27)25-6-2-4-11(25)16(30)31/h9-11H,1-8,18H2,(H2,19,26)(H,23,29)(H,24,28)(H,30,31)(H4,20,21,22). The van der Waals surface area contributed by atoms with Crippen LogP contribution in [0.3, 0.4) is 0 Å².